The zero-order chi connectivity index (χ0) is 22.6. The standard InChI is InChI=1S/C25H36N4O3.HI/c1-4-26-25(27-13-8-16-32-22-9-6-5-7-10-22)28-20-11-14-29(15-12-20)21-17-23(30-2)19-24(18-21)31-3;/h5-7,9-10,17-20H,4,8,11-16H2,1-3H3,(H2,26,27,28);1H. The first kappa shape index (κ1) is 26.9. The van der Waals surface area contributed by atoms with E-state index in [1.54, 1.807) is 14.2 Å². The van der Waals surface area contributed by atoms with Gasteiger partial charge in [0.2, 0.25) is 0 Å². The fourth-order valence-electron chi connectivity index (χ4n) is 3.73. The fraction of sp³-hybridized carbons (Fsp3) is 0.480. The van der Waals surface area contributed by atoms with Crippen LogP contribution in [0.1, 0.15) is 26.2 Å². The van der Waals surface area contributed by atoms with Gasteiger partial charge in [0.25, 0.3) is 0 Å². The predicted molar refractivity (Wildman–Crippen MR) is 146 cm³/mol. The van der Waals surface area contributed by atoms with Gasteiger partial charge in [-0.25, -0.2) is 0 Å². The zero-order valence-electron chi connectivity index (χ0n) is 19.9. The maximum atomic E-state index is 5.75. The Labute approximate surface area is 214 Å². The highest BCUT2D eigenvalue weighted by molar-refractivity contribution is 14.0. The minimum atomic E-state index is 0. The molecule has 0 aliphatic carbocycles. The molecule has 0 atom stereocenters. The summed E-state index contributed by atoms with van der Waals surface area (Å²) < 4.78 is 16.6. The van der Waals surface area contributed by atoms with Crippen LogP contribution in [0.25, 0.3) is 0 Å². The van der Waals surface area contributed by atoms with E-state index < -0.39 is 0 Å². The molecule has 8 heteroatoms. The Balaban J connectivity index is 0.00000385. The van der Waals surface area contributed by atoms with E-state index in [4.69, 9.17) is 19.2 Å². The number of para-hydroxylation sites is 1. The van der Waals surface area contributed by atoms with E-state index in [-0.39, 0.29) is 24.0 Å². The Kier molecular flexibility index (Phi) is 12.0. The largest absolute Gasteiger partial charge is 0.497 e. The molecule has 2 aromatic rings. The van der Waals surface area contributed by atoms with Crippen molar-refractivity contribution < 1.29 is 14.2 Å². The van der Waals surface area contributed by atoms with Crippen molar-refractivity contribution in [3.63, 3.8) is 0 Å². The van der Waals surface area contributed by atoms with Gasteiger partial charge in [-0.2, -0.15) is 0 Å². The van der Waals surface area contributed by atoms with Crippen LogP contribution in [-0.2, 0) is 0 Å². The number of nitrogens with one attached hydrogen (secondary N) is 2. The van der Waals surface area contributed by atoms with Gasteiger partial charge in [-0.1, -0.05) is 18.2 Å². The fourth-order valence-corrected chi connectivity index (χ4v) is 3.73. The van der Waals surface area contributed by atoms with Crippen LogP contribution in [0.5, 0.6) is 17.2 Å². The van der Waals surface area contributed by atoms with Gasteiger partial charge in [0.1, 0.15) is 17.2 Å². The third-order valence-electron chi connectivity index (χ3n) is 5.47. The van der Waals surface area contributed by atoms with E-state index in [2.05, 4.69) is 34.6 Å². The molecule has 0 amide bonds. The summed E-state index contributed by atoms with van der Waals surface area (Å²) in [6, 6.07) is 16.3. The number of halogens is 1. The zero-order valence-corrected chi connectivity index (χ0v) is 22.2. The molecule has 3 rings (SSSR count). The predicted octanol–water partition coefficient (Wildman–Crippen LogP) is 4.31. The number of ether oxygens (including phenoxy) is 3. The molecule has 0 radical (unpaired) electrons. The maximum Gasteiger partial charge on any atom is 0.191 e. The van der Waals surface area contributed by atoms with Crippen LogP contribution < -0.4 is 29.7 Å². The lowest BCUT2D eigenvalue weighted by Crippen LogP contribution is -2.48. The van der Waals surface area contributed by atoms with Crippen LogP contribution >= 0.6 is 24.0 Å². The van der Waals surface area contributed by atoms with Crippen molar-refractivity contribution >= 4 is 35.6 Å². The summed E-state index contributed by atoms with van der Waals surface area (Å²) in [4.78, 5) is 7.11. The van der Waals surface area contributed by atoms with Crippen LogP contribution in [0, 0.1) is 0 Å². The summed E-state index contributed by atoms with van der Waals surface area (Å²) in [5.74, 6) is 3.42. The number of hydrogen-bond donors (Lipinski definition) is 2. The van der Waals surface area contributed by atoms with Crippen LogP contribution in [-0.4, -0.2) is 59.0 Å². The number of anilines is 1. The summed E-state index contributed by atoms with van der Waals surface area (Å²) in [6.07, 6.45) is 2.96. The summed E-state index contributed by atoms with van der Waals surface area (Å²) in [5, 5.41) is 6.97. The van der Waals surface area contributed by atoms with Crippen LogP contribution in [0.2, 0.25) is 0 Å². The highest BCUT2D eigenvalue weighted by atomic mass is 127. The molecule has 0 saturated carbocycles. The van der Waals surface area contributed by atoms with E-state index in [0.29, 0.717) is 12.6 Å². The Morgan fingerprint density at radius 2 is 1.67 bits per heavy atom. The number of benzene rings is 2. The van der Waals surface area contributed by atoms with Gasteiger partial charge in [0.05, 0.1) is 20.8 Å². The van der Waals surface area contributed by atoms with E-state index in [1.807, 2.05) is 36.4 Å². The van der Waals surface area contributed by atoms with Gasteiger partial charge in [-0.3, -0.25) is 4.99 Å². The van der Waals surface area contributed by atoms with Crippen LogP contribution in [0.4, 0.5) is 5.69 Å². The molecule has 182 valence electrons. The van der Waals surface area contributed by atoms with Crippen molar-refractivity contribution in [3.8, 4) is 17.2 Å². The quantitative estimate of drug-likeness (QED) is 0.193. The number of rotatable bonds is 10. The normalized spacial score (nSPS) is 14.3. The van der Waals surface area contributed by atoms with Gasteiger partial charge in [0.15, 0.2) is 5.96 Å². The van der Waals surface area contributed by atoms with E-state index in [1.165, 1.54) is 0 Å². The second kappa shape index (κ2) is 14.7. The molecule has 1 aliphatic heterocycles. The monoisotopic (exact) mass is 568 g/mol. The number of methoxy groups -OCH3 is 2. The van der Waals surface area contributed by atoms with Gasteiger partial charge in [-0.05, 0) is 31.9 Å². The van der Waals surface area contributed by atoms with Gasteiger partial charge in [-0.15, -0.1) is 24.0 Å². The third-order valence-corrected chi connectivity index (χ3v) is 5.47. The Morgan fingerprint density at radius 3 is 2.27 bits per heavy atom. The molecular weight excluding hydrogens is 531 g/mol. The molecule has 0 unspecified atom stereocenters. The highest BCUT2D eigenvalue weighted by Crippen LogP contribution is 2.30. The third kappa shape index (κ3) is 8.83. The summed E-state index contributed by atoms with van der Waals surface area (Å²) >= 11 is 0. The molecule has 1 saturated heterocycles. The SMILES string of the molecule is CCNC(=NCCCOc1ccccc1)NC1CCN(c2cc(OC)cc(OC)c2)CC1.I. The summed E-state index contributed by atoms with van der Waals surface area (Å²) in [7, 11) is 3.37. The first-order valence-corrected chi connectivity index (χ1v) is 11.4. The highest BCUT2D eigenvalue weighted by Gasteiger charge is 2.21. The molecule has 2 aromatic carbocycles. The Morgan fingerprint density at radius 1 is 1.00 bits per heavy atom. The minimum Gasteiger partial charge on any atom is -0.497 e. The Bertz CT molecular complexity index is 821. The van der Waals surface area contributed by atoms with Gasteiger partial charge in [0, 0.05) is 62.5 Å². The molecule has 1 heterocycles. The molecule has 1 aliphatic rings. The van der Waals surface area contributed by atoms with Crippen molar-refractivity contribution in [1.82, 2.24) is 10.6 Å². The maximum absolute atomic E-state index is 5.75. The van der Waals surface area contributed by atoms with Crippen molar-refractivity contribution in [2.45, 2.75) is 32.2 Å². The molecule has 1 fully saturated rings. The van der Waals surface area contributed by atoms with E-state index in [9.17, 15) is 0 Å². The molecule has 7 nitrogen and oxygen atoms in total. The lowest BCUT2D eigenvalue weighted by Gasteiger charge is -2.34. The van der Waals surface area contributed by atoms with Crippen molar-refractivity contribution in [3.05, 3.63) is 48.5 Å². The van der Waals surface area contributed by atoms with Crippen molar-refractivity contribution in [1.29, 1.82) is 0 Å². The number of guanidine groups is 1. The first-order valence-electron chi connectivity index (χ1n) is 11.4. The minimum absolute atomic E-state index is 0. The van der Waals surface area contributed by atoms with E-state index >= 15 is 0 Å². The van der Waals surface area contributed by atoms with Crippen molar-refractivity contribution in [2.75, 3.05) is 51.9 Å². The molecule has 0 bridgehead atoms. The second-order valence-electron chi connectivity index (χ2n) is 7.75. The first-order chi connectivity index (χ1) is 15.7. The van der Waals surface area contributed by atoms with Gasteiger partial charge < -0.3 is 29.7 Å². The average molecular weight is 569 g/mol. The lowest BCUT2D eigenvalue weighted by atomic mass is 10.0. The van der Waals surface area contributed by atoms with Crippen LogP contribution in [0.15, 0.2) is 53.5 Å². The topological polar surface area (TPSA) is 67.4 Å². The average Bonchev–Trinajstić information content (AvgIpc) is 2.84. The molecule has 0 aromatic heterocycles. The lowest BCUT2D eigenvalue weighted by molar-refractivity contribution is 0.313. The summed E-state index contributed by atoms with van der Waals surface area (Å²) in [6.45, 7) is 6.26. The molecule has 33 heavy (non-hydrogen) atoms. The number of aliphatic imine (C=N–C) groups is 1. The molecular formula is C25H37IN4O3. The molecule has 2 N–H and O–H groups in total. The smallest absolute Gasteiger partial charge is 0.191 e. The van der Waals surface area contributed by atoms with Gasteiger partial charge >= 0.3 is 0 Å². The van der Waals surface area contributed by atoms with Crippen LogP contribution in [0.3, 0.4) is 0 Å². The van der Waals surface area contributed by atoms with Crippen molar-refractivity contribution in [2.24, 2.45) is 4.99 Å². The number of hydrogen-bond acceptors (Lipinski definition) is 5. The number of nitrogens with zero attached hydrogens (tertiary/aromatic N) is 2. The molecule has 0 spiro atoms. The number of piperidine rings is 1. The second-order valence-corrected chi connectivity index (χ2v) is 7.75. The Hall–Kier alpha value is -2.36. The summed E-state index contributed by atoms with van der Waals surface area (Å²) in [5.41, 5.74) is 1.14. The van der Waals surface area contributed by atoms with E-state index in [0.717, 1.165) is 74.3 Å².